The molecule has 0 aliphatic carbocycles. The second-order valence-electron chi connectivity index (χ2n) is 6.40. The van der Waals surface area contributed by atoms with Crippen molar-refractivity contribution in [3.05, 3.63) is 64.1 Å². The van der Waals surface area contributed by atoms with Gasteiger partial charge in [-0.3, -0.25) is 4.79 Å². The summed E-state index contributed by atoms with van der Waals surface area (Å²) in [6.45, 7) is 1.91. The largest absolute Gasteiger partial charge is 0.416 e. The molecule has 1 atom stereocenters. The molecule has 0 fully saturated rings. The van der Waals surface area contributed by atoms with Gasteiger partial charge < -0.3 is 4.90 Å². The Balaban J connectivity index is 1.68. The number of alkyl halides is 3. The van der Waals surface area contributed by atoms with Crippen molar-refractivity contribution in [2.75, 3.05) is 6.54 Å². The van der Waals surface area contributed by atoms with Crippen LogP contribution in [0.2, 0.25) is 5.02 Å². The highest BCUT2D eigenvalue weighted by Gasteiger charge is 2.38. The van der Waals surface area contributed by atoms with E-state index in [1.807, 2.05) is 0 Å². The minimum absolute atomic E-state index is 0.137. The third-order valence-electron chi connectivity index (χ3n) is 4.80. The molecule has 1 aliphatic heterocycles. The Kier molecular flexibility index (Phi) is 4.10. The van der Waals surface area contributed by atoms with E-state index in [4.69, 9.17) is 11.6 Å². The van der Waals surface area contributed by atoms with E-state index < -0.39 is 17.8 Å². The van der Waals surface area contributed by atoms with Crippen LogP contribution in [0.4, 0.5) is 13.2 Å². The number of nitrogens with zero attached hydrogens (tertiary/aromatic N) is 4. The van der Waals surface area contributed by atoms with Crippen LogP contribution in [0.3, 0.4) is 0 Å². The Hall–Kier alpha value is -2.61. The lowest BCUT2D eigenvalue weighted by atomic mass is 9.89. The average molecular weight is 395 g/mol. The fraction of sp³-hybridized carbons (Fsp3) is 0.278. The minimum atomic E-state index is -4.41. The molecular weight excluding hydrogens is 381 g/mol. The van der Waals surface area contributed by atoms with Gasteiger partial charge in [0.15, 0.2) is 11.3 Å². The van der Waals surface area contributed by atoms with Gasteiger partial charge in [-0.15, -0.1) is 0 Å². The van der Waals surface area contributed by atoms with Gasteiger partial charge in [0.05, 0.1) is 22.8 Å². The number of hydrogen-bond donors (Lipinski definition) is 0. The molecule has 0 saturated carbocycles. The van der Waals surface area contributed by atoms with Crippen molar-refractivity contribution >= 4 is 23.2 Å². The van der Waals surface area contributed by atoms with E-state index in [1.54, 1.807) is 13.0 Å². The third kappa shape index (κ3) is 3.03. The molecule has 9 heteroatoms. The summed E-state index contributed by atoms with van der Waals surface area (Å²) in [5.74, 6) is -0.354. The van der Waals surface area contributed by atoms with Crippen molar-refractivity contribution in [3.63, 3.8) is 0 Å². The molecule has 0 spiro atoms. The molecule has 27 heavy (non-hydrogen) atoms. The lowest BCUT2D eigenvalue weighted by Crippen LogP contribution is -2.39. The Morgan fingerprint density at radius 2 is 2.11 bits per heavy atom. The minimum Gasteiger partial charge on any atom is -0.330 e. The Labute approximate surface area is 157 Å². The summed E-state index contributed by atoms with van der Waals surface area (Å²) in [6.07, 6.45) is -1.29. The Morgan fingerprint density at radius 1 is 1.33 bits per heavy atom. The Morgan fingerprint density at radius 3 is 2.85 bits per heavy atom. The zero-order valence-corrected chi connectivity index (χ0v) is 14.9. The summed E-state index contributed by atoms with van der Waals surface area (Å²) >= 11 is 5.88. The second-order valence-corrected chi connectivity index (χ2v) is 6.84. The molecule has 3 heterocycles. The smallest absolute Gasteiger partial charge is 0.330 e. The molecule has 5 nitrogen and oxygen atoms in total. The number of aromatic nitrogens is 3. The normalized spacial score (nSPS) is 17.2. The topological polar surface area (TPSA) is 50.5 Å². The maximum Gasteiger partial charge on any atom is 0.416 e. The summed E-state index contributed by atoms with van der Waals surface area (Å²) in [5, 5.41) is 4.57. The van der Waals surface area contributed by atoms with Crippen molar-refractivity contribution in [3.8, 4) is 0 Å². The van der Waals surface area contributed by atoms with Gasteiger partial charge in [-0.2, -0.15) is 18.3 Å². The van der Waals surface area contributed by atoms with Gasteiger partial charge in [-0.05, 0) is 30.5 Å². The molecule has 1 amide bonds. The first kappa shape index (κ1) is 17.8. The molecule has 1 aliphatic rings. The van der Waals surface area contributed by atoms with Crippen molar-refractivity contribution in [1.82, 2.24) is 19.5 Å². The fourth-order valence-electron chi connectivity index (χ4n) is 3.52. The molecule has 140 valence electrons. The molecule has 0 saturated heterocycles. The van der Waals surface area contributed by atoms with E-state index in [9.17, 15) is 18.0 Å². The SMILES string of the molecule is CC1c2cccc(C(F)(F)F)c2CCN1C(=O)c1cc2ncc(Cl)cn2n1. The highest BCUT2D eigenvalue weighted by molar-refractivity contribution is 6.30. The lowest BCUT2D eigenvalue weighted by molar-refractivity contribution is -0.138. The number of amides is 1. The van der Waals surface area contributed by atoms with Gasteiger partial charge in [-0.1, -0.05) is 23.7 Å². The molecule has 1 unspecified atom stereocenters. The number of carbonyl (C=O) groups is 1. The van der Waals surface area contributed by atoms with E-state index in [0.717, 1.165) is 6.07 Å². The fourth-order valence-corrected chi connectivity index (χ4v) is 3.66. The molecule has 0 N–H and O–H groups in total. The number of benzene rings is 1. The number of rotatable bonds is 1. The van der Waals surface area contributed by atoms with Crippen LogP contribution in [0.5, 0.6) is 0 Å². The van der Waals surface area contributed by atoms with Crippen molar-refractivity contribution in [2.24, 2.45) is 0 Å². The van der Waals surface area contributed by atoms with Crippen LogP contribution in [-0.2, 0) is 12.6 Å². The van der Waals surface area contributed by atoms with Crippen LogP contribution in [0.1, 0.15) is 40.1 Å². The van der Waals surface area contributed by atoms with Crippen LogP contribution in [-0.4, -0.2) is 31.9 Å². The van der Waals surface area contributed by atoms with Crippen molar-refractivity contribution in [1.29, 1.82) is 0 Å². The predicted molar refractivity (Wildman–Crippen MR) is 92.6 cm³/mol. The molecule has 0 radical (unpaired) electrons. The van der Waals surface area contributed by atoms with Gasteiger partial charge in [0.1, 0.15) is 0 Å². The zero-order chi connectivity index (χ0) is 19.3. The van der Waals surface area contributed by atoms with Gasteiger partial charge in [-0.25, -0.2) is 9.50 Å². The van der Waals surface area contributed by atoms with Crippen molar-refractivity contribution < 1.29 is 18.0 Å². The van der Waals surface area contributed by atoms with E-state index in [1.165, 1.54) is 33.9 Å². The molecule has 2 aromatic heterocycles. The quantitative estimate of drug-likeness (QED) is 0.622. The molecule has 3 aromatic rings. The maximum atomic E-state index is 13.3. The molecule has 1 aromatic carbocycles. The van der Waals surface area contributed by atoms with Crippen LogP contribution >= 0.6 is 11.6 Å². The van der Waals surface area contributed by atoms with E-state index in [0.29, 0.717) is 16.2 Å². The lowest BCUT2D eigenvalue weighted by Gasteiger charge is -2.36. The standard InChI is InChI=1S/C18H14ClF3N4O/c1-10-12-3-2-4-14(18(20,21)22)13(12)5-6-25(10)17(27)15-7-16-23-8-11(19)9-26(16)24-15/h2-4,7-10H,5-6H2,1H3. The summed E-state index contributed by atoms with van der Waals surface area (Å²) in [6, 6.07) is 5.14. The van der Waals surface area contributed by atoms with E-state index in [2.05, 4.69) is 10.1 Å². The monoisotopic (exact) mass is 394 g/mol. The van der Waals surface area contributed by atoms with Crippen LogP contribution in [0.15, 0.2) is 36.7 Å². The first-order valence-corrected chi connectivity index (χ1v) is 8.64. The molecule has 0 bridgehead atoms. The van der Waals surface area contributed by atoms with Crippen LogP contribution in [0.25, 0.3) is 5.65 Å². The molecular formula is C18H14ClF3N4O. The Bertz CT molecular complexity index is 1050. The summed E-state index contributed by atoms with van der Waals surface area (Å²) in [7, 11) is 0. The van der Waals surface area contributed by atoms with Gasteiger partial charge in [0, 0.05) is 18.8 Å². The van der Waals surface area contributed by atoms with E-state index >= 15 is 0 Å². The van der Waals surface area contributed by atoms with Crippen LogP contribution in [0, 0.1) is 0 Å². The summed E-state index contributed by atoms with van der Waals surface area (Å²) in [5.41, 5.74) is 0.768. The first-order valence-electron chi connectivity index (χ1n) is 8.26. The van der Waals surface area contributed by atoms with Gasteiger partial charge in [0.2, 0.25) is 0 Å². The number of halogens is 4. The highest BCUT2D eigenvalue weighted by Crippen LogP contribution is 2.39. The van der Waals surface area contributed by atoms with Crippen molar-refractivity contribution in [2.45, 2.75) is 25.6 Å². The van der Waals surface area contributed by atoms with Crippen LogP contribution < -0.4 is 0 Å². The highest BCUT2D eigenvalue weighted by atomic mass is 35.5. The number of hydrogen-bond acceptors (Lipinski definition) is 3. The summed E-state index contributed by atoms with van der Waals surface area (Å²) < 4.78 is 41.2. The maximum absolute atomic E-state index is 13.3. The third-order valence-corrected chi connectivity index (χ3v) is 4.99. The number of carbonyl (C=O) groups excluding carboxylic acids is 1. The zero-order valence-electron chi connectivity index (χ0n) is 14.2. The summed E-state index contributed by atoms with van der Waals surface area (Å²) in [4.78, 5) is 18.6. The molecule has 4 rings (SSSR count). The first-order chi connectivity index (χ1) is 12.8. The average Bonchev–Trinajstić information content (AvgIpc) is 3.03. The number of fused-ring (bicyclic) bond motifs is 2. The van der Waals surface area contributed by atoms with E-state index in [-0.39, 0.29) is 30.1 Å². The predicted octanol–water partition coefficient (Wildman–Crippen LogP) is 4.16. The van der Waals surface area contributed by atoms with Gasteiger partial charge in [0.25, 0.3) is 5.91 Å². The van der Waals surface area contributed by atoms with Gasteiger partial charge >= 0.3 is 6.18 Å². The second kappa shape index (κ2) is 6.23.